The molecule has 0 saturated carbocycles. The van der Waals surface area contributed by atoms with Crippen molar-refractivity contribution in [1.29, 1.82) is 0 Å². The molecule has 0 fully saturated rings. The number of nitrogens with one attached hydrogen (secondary N) is 1. The van der Waals surface area contributed by atoms with Gasteiger partial charge < -0.3 is 4.98 Å². The van der Waals surface area contributed by atoms with Gasteiger partial charge in [-0.1, -0.05) is 0 Å². The number of hydrogen-bond donors (Lipinski definition) is 1. The molecule has 6 heteroatoms. The largest absolute Gasteiger partial charge is 0.330 e. The SMILES string of the molecule is O=c1[nH]ccn1-c1cc(Br)c(F)cc1F. The van der Waals surface area contributed by atoms with Crippen LogP contribution in [0.15, 0.2) is 33.8 Å². The Morgan fingerprint density at radius 2 is 2.00 bits per heavy atom. The molecule has 78 valence electrons. The first-order valence-corrected chi connectivity index (χ1v) is 4.80. The molecule has 0 radical (unpaired) electrons. The summed E-state index contributed by atoms with van der Waals surface area (Å²) < 4.78 is 27.4. The van der Waals surface area contributed by atoms with E-state index in [9.17, 15) is 13.6 Å². The minimum Gasteiger partial charge on any atom is -0.312 e. The van der Waals surface area contributed by atoms with Crippen molar-refractivity contribution >= 4 is 15.9 Å². The molecule has 1 aromatic carbocycles. The van der Waals surface area contributed by atoms with Crippen LogP contribution >= 0.6 is 15.9 Å². The summed E-state index contributed by atoms with van der Waals surface area (Å²) in [4.78, 5) is 13.6. The van der Waals surface area contributed by atoms with Crippen molar-refractivity contribution in [3.63, 3.8) is 0 Å². The van der Waals surface area contributed by atoms with Gasteiger partial charge in [0.25, 0.3) is 0 Å². The second-order valence-electron chi connectivity index (χ2n) is 2.85. The summed E-state index contributed by atoms with van der Waals surface area (Å²) in [5.41, 5.74) is -0.484. The number of rotatable bonds is 1. The van der Waals surface area contributed by atoms with Gasteiger partial charge in [-0.3, -0.25) is 4.57 Å². The zero-order chi connectivity index (χ0) is 11.0. The van der Waals surface area contributed by atoms with E-state index in [2.05, 4.69) is 20.9 Å². The van der Waals surface area contributed by atoms with E-state index in [-0.39, 0.29) is 10.2 Å². The monoisotopic (exact) mass is 274 g/mol. The third kappa shape index (κ3) is 1.72. The molecule has 1 N–H and O–H groups in total. The second-order valence-corrected chi connectivity index (χ2v) is 3.71. The van der Waals surface area contributed by atoms with Gasteiger partial charge in [-0.05, 0) is 22.0 Å². The van der Waals surface area contributed by atoms with E-state index in [0.29, 0.717) is 0 Å². The molecule has 0 aliphatic carbocycles. The van der Waals surface area contributed by atoms with E-state index in [1.165, 1.54) is 18.5 Å². The standard InChI is InChI=1S/C9H5BrF2N2O/c10-5-3-8(7(12)4-6(5)11)14-2-1-13-9(14)15/h1-4H,(H,13,15). The van der Waals surface area contributed by atoms with Crippen LogP contribution in [-0.4, -0.2) is 9.55 Å². The highest BCUT2D eigenvalue weighted by molar-refractivity contribution is 9.10. The van der Waals surface area contributed by atoms with Crippen LogP contribution in [0.5, 0.6) is 0 Å². The number of halogens is 3. The second kappa shape index (κ2) is 3.62. The van der Waals surface area contributed by atoms with E-state index in [4.69, 9.17) is 0 Å². The topological polar surface area (TPSA) is 37.8 Å². The predicted octanol–water partition coefficient (Wildman–Crippen LogP) is 2.21. The van der Waals surface area contributed by atoms with Gasteiger partial charge in [0.05, 0.1) is 10.2 Å². The van der Waals surface area contributed by atoms with Crippen LogP contribution < -0.4 is 5.69 Å². The lowest BCUT2D eigenvalue weighted by Gasteiger charge is -2.04. The fourth-order valence-electron chi connectivity index (χ4n) is 1.21. The fourth-order valence-corrected chi connectivity index (χ4v) is 1.54. The lowest BCUT2D eigenvalue weighted by molar-refractivity contribution is 0.572. The number of aromatic amines is 1. The molecule has 0 atom stereocenters. The van der Waals surface area contributed by atoms with Crippen LogP contribution in [0.2, 0.25) is 0 Å². The Morgan fingerprint density at radius 3 is 2.60 bits per heavy atom. The third-order valence-corrected chi connectivity index (χ3v) is 2.51. The molecular formula is C9H5BrF2N2O. The molecule has 15 heavy (non-hydrogen) atoms. The number of benzene rings is 1. The zero-order valence-electron chi connectivity index (χ0n) is 7.30. The number of imidazole rings is 1. The highest BCUT2D eigenvalue weighted by atomic mass is 79.9. The van der Waals surface area contributed by atoms with Crippen LogP contribution in [0.25, 0.3) is 5.69 Å². The van der Waals surface area contributed by atoms with E-state index in [1.807, 2.05) is 0 Å². The fraction of sp³-hybridized carbons (Fsp3) is 0. The number of nitrogens with zero attached hydrogens (tertiary/aromatic N) is 1. The van der Waals surface area contributed by atoms with Crippen LogP contribution in [0.4, 0.5) is 8.78 Å². The van der Waals surface area contributed by atoms with Crippen molar-refractivity contribution in [3.05, 3.63) is 51.1 Å². The first-order valence-electron chi connectivity index (χ1n) is 4.00. The molecule has 0 aliphatic heterocycles. The summed E-state index contributed by atoms with van der Waals surface area (Å²) in [7, 11) is 0. The molecule has 0 saturated heterocycles. The molecule has 3 nitrogen and oxygen atoms in total. The molecule has 2 rings (SSSR count). The molecule has 1 heterocycles. The van der Waals surface area contributed by atoms with Gasteiger partial charge in [0.15, 0.2) is 0 Å². The number of H-pyrrole nitrogens is 1. The number of hydrogen-bond acceptors (Lipinski definition) is 1. The average Bonchev–Trinajstić information content (AvgIpc) is 2.58. The Kier molecular flexibility index (Phi) is 2.44. The zero-order valence-corrected chi connectivity index (χ0v) is 8.88. The Labute approximate surface area is 91.5 Å². The van der Waals surface area contributed by atoms with Gasteiger partial charge in [-0.2, -0.15) is 0 Å². The molecule has 0 aliphatic rings. The molecule has 0 bridgehead atoms. The Balaban J connectivity index is 2.69. The molecule has 0 amide bonds. The van der Waals surface area contributed by atoms with Crippen LogP contribution in [0.1, 0.15) is 0 Å². The van der Waals surface area contributed by atoms with Crippen LogP contribution in [0.3, 0.4) is 0 Å². The van der Waals surface area contributed by atoms with Crippen molar-refractivity contribution in [3.8, 4) is 5.69 Å². The first kappa shape index (κ1) is 10.1. The summed E-state index contributed by atoms with van der Waals surface area (Å²) >= 11 is 2.92. The normalized spacial score (nSPS) is 10.6. The summed E-state index contributed by atoms with van der Waals surface area (Å²) in [5.74, 6) is -1.50. The molecule has 2 aromatic rings. The van der Waals surface area contributed by atoms with E-state index in [0.717, 1.165) is 10.6 Å². The van der Waals surface area contributed by atoms with Crippen molar-refractivity contribution in [2.75, 3.05) is 0 Å². The van der Waals surface area contributed by atoms with E-state index in [1.54, 1.807) is 0 Å². The van der Waals surface area contributed by atoms with Gasteiger partial charge in [-0.25, -0.2) is 13.6 Å². The summed E-state index contributed by atoms with van der Waals surface area (Å²) in [6.45, 7) is 0. The lowest BCUT2D eigenvalue weighted by Crippen LogP contribution is -2.15. The minimum atomic E-state index is -0.794. The highest BCUT2D eigenvalue weighted by Crippen LogP contribution is 2.21. The van der Waals surface area contributed by atoms with Gasteiger partial charge in [0.2, 0.25) is 0 Å². The maximum absolute atomic E-state index is 13.3. The van der Waals surface area contributed by atoms with Gasteiger partial charge in [0, 0.05) is 18.5 Å². The number of aromatic nitrogens is 2. The van der Waals surface area contributed by atoms with Crippen molar-refractivity contribution in [2.45, 2.75) is 0 Å². The van der Waals surface area contributed by atoms with Crippen molar-refractivity contribution in [2.24, 2.45) is 0 Å². The Hall–Kier alpha value is -1.43. The molecule has 0 spiro atoms. The van der Waals surface area contributed by atoms with Crippen molar-refractivity contribution in [1.82, 2.24) is 9.55 Å². The lowest BCUT2D eigenvalue weighted by atomic mass is 10.3. The summed E-state index contributed by atoms with van der Waals surface area (Å²) in [6, 6.07) is 1.93. The minimum absolute atomic E-state index is 0.00507. The van der Waals surface area contributed by atoms with Crippen LogP contribution in [-0.2, 0) is 0 Å². The van der Waals surface area contributed by atoms with Crippen molar-refractivity contribution < 1.29 is 8.78 Å². The van der Waals surface area contributed by atoms with Gasteiger partial charge >= 0.3 is 5.69 Å². The summed E-state index contributed by atoms with van der Waals surface area (Å²) in [5, 5.41) is 0. The highest BCUT2D eigenvalue weighted by Gasteiger charge is 2.10. The maximum atomic E-state index is 13.3. The van der Waals surface area contributed by atoms with E-state index < -0.39 is 17.3 Å². The predicted molar refractivity (Wildman–Crippen MR) is 54.0 cm³/mol. The summed E-state index contributed by atoms with van der Waals surface area (Å²) in [6.07, 6.45) is 2.74. The molecular weight excluding hydrogens is 270 g/mol. The maximum Gasteiger partial charge on any atom is 0.330 e. The average molecular weight is 275 g/mol. The van der Waals surface area contributed by atoms with Gasteiger partial charge in [0.1, 0.15) is 11.6 Å². The Bertz CT molecular complexity index is 561. The first-order chi connectivity index (χ1) is 7.09. The van der Waals surface area contributed by atoms with E-state index >= 15 is 0 Å². The third-order valence-electron chi connectivity index (χ3n) is 1.90. The smallest absolute Gasteiger partial charge is 0.312 e. The van der Waals surface area contributed by atoms with Gasteiger partial charge in [-0.15, -0.1) is 0 Å². The molecule has 0 unspecified atom stereocenters. The quantitative estimate of drug-likeness (QED) is 0.796. The Morgan fingerprint density at radius 1 is 1.27 bits per heavy atom. The molecule has 1 aromatic heterocycles. The van der Waals surface area contributed by atoms with Crippen LogP contribution in [0, 0.1) is 11.6 Å².